The number of aliphatic hydroxyl groups excluding tert-OH is 1. The largest absolute Gasteiger partial charge is 0.496 e. The minimum atomic E-state index is -0.801. The van der Waals surface area contributed by atoms with E-state index in [-0.39, 0.29) is 0 Å². The van der Waals surface area contributed by atoms with Gasteiger partial charge in [0.25, 0.3) is 0 Å². The SMILES string of the molecule is COc1cc(Cl)ccc1C(O)c1cccc2c1OCCC2. The number of fused-ring (bicyclic) bond motifs is 1. The molecule has 0 aliphatic carbocycles. The Morgan fingerprint density at radius 2 is 2.10 bits per heavy atom. The minimum absolute atomic E-state index is 0.573. The summed E-state index contributed by atoms with van der Waals surface area (Å²) in [5.74, 6) is 1.37. The molecule has 0 spiro atoms. The van der Waals surface area contributed by atoms with Gasteiger partial charge in [-0.2, -0.15) is 0 Å². The molecule has 1 aliphatic rings. The van der Waals surface area contributed by atoms with Gasteiger partial charge in [0.15, 0.2) is 0 Å². The van der Waals surface area contributed by atoms with Crippen LogP contribution in [0, 0.1) is 0 Å². The minimum Gasteiger partial charge on any atom is -0.496 e. The van der Waals surface area contributed by atoms with Crippen molar-refractivity contribution in [2.24, 2.45) is 0 Å². The molecular formula is C17H17ClO3. The number of ether oxygens (including phenoxy) is 2. The molecule has 0 radical (unpaired) electrons. The van der Waals surface area contributed by atoms with E-state index in [0.717, 1.165) is 29.7 Å². The topological polar surface area (TPSA) is 38.7 Å². The van der Waals surface area contributed by atoms with Crippen LogP contribution in [-0.4, -0.2) is 18.8 Å². The number of methoxy groups -OCH3 is 1. The maximum absolute atomic E-state index is 10.7. The van der Waals surface area contributed by atoms with Gasteiger partial charge in [-0.25, -0.2) is 0 Å². The van der Waals surface area contributed by atoms with Crippen molar-refractivity contribution in [3.63, 3.8) is 0 Å². The molecule has 0 saturated carbocycles. The number of hydrogen-bond donors (Lipinski definition) is 1. The van der Waals surface area contributed by atoms with Gasteiger partial charge >= 0.3 is 0 Å². The van der Waals surface area contributed by atoms with Gasteiger partial charge in [-0.05, 0) is 30.5 Å². The van der Waals surface area contributed by atoms with E-state index in [9.17, 15) is 5.11 Å². The molecule has 110 valence electrons. The number of aryl methyl sites for hydroxylation is 1. The van der Waals surface area contributed by atoms with Crippen LogP contribution in [0.1, 0.15) is 29.2 Å². The Bertz CT molecular complexity index is 654. The summed E-state index contributed by atoms with van der Waals surface area (Å²) in [7, 11) is 1.57. The van der Waals surface area contributed by atoms with Crippen LogP contribution in [0.15, 0.2) is 36.4 Å². The van der Waals surface area contributed by atoms with Crippen LogP contribution < -0.4 is 9.47 Å². The Balaban J connectivity index is 2.05. The zero-order valence-corrected chi connectivity index (χ0v) is 12.6. The van der Waals surface area contributed by atoms with Gasteiger partial charge in [-0.1, -0.05) is 35.9 Å². The fraction of sp³-hybridized carbons (Fsp3) is 0.294. The first-order valence-electron chi connectivity index (χ1n) is 6.97. The lowest BCUT2D eigenvalue weighted by Crippen LogP contribution is -2.13. The van der Waals surface area contributed by atoms with Gasteiger partial charge in [0, 0.05) is 16.1 Å². The van der Waals surface area contributed by atoms with E-state index in [0.29, 0.717) is 22.9 Å². The first kappa shape index (κ1) is 14.2. The number of hydrogen-bond acceptors (Lipinski definition) is 3. The van der Waals surface area contributed by atoms with Gasteiger partial charge in [-0.3, -0.25) is 0 Å². The summed E-state index contributed by atoms with van der Waals surface area (Å²) in [6, 6.07) is 11.1. The fourth-order valence-electron chi connectivity index (χ4n) is 2.71. The molecule has 21 heavy (non-hydrogen) atoms. The molecule has 3 nitrogen and oxygen atoms in total. The van der Waals surface area contributed by atoms with E-state index in [1.54, 1.807) is 25.3 Å². The highest BCUT2D eigenvalue weighted by Crippen LogP contribution is 2.39. The van der Waals surface area contributed by atoms with Crippen LogP contribution >= 0.6 is 11.6 Å². The molecule has 0 aromatic heterocycles. The third-order valence-electron chi connectivity index (χ3n) is 3.75. The van der Waals surface area contributed by atoms with Gasteiger partial charge in [0.2, 0.25) is 0 Å². The third kappa shape index (κ3) is 2.71. The Hall–Kier alpha value is -1.71. The van der Waals surface area contributed by atoms with Crippen LogP contribution in [0.5, 0.6) is 11.5 Å². The van der Waals surface area contributed by atoms with Crippen LogP contribution in [0.4, 0.5) is 0 Å². The molecule has 0 fully saturated rings. The lowest BCUT2D eigenvalue weighted by Gasteiger charge is -2.23. The van der Waals surface area contributed by atoms with E-state index < -0.39 is 6.10 Å². The van der Waals surface area contributed by atoms with Crippen LogP contribution in [0.2, 0.25) is 5.02 Å². The maximum Gasteiger partial charge on any atom is 0.128 e. The zero-order chi connectivity index (χ0) is 14.8. The van der Waals surface area contributed by atoms with Crippen molar-refractivity contribution in [1.29, 1.82) is 0 Å². The third-order valence-corrected chi connectivity index (χ3v) is 3.98. The highest BCUT2D eigenvalue weighted by molar-refractivity contribution is 6.30. The molecule has 2 aromatic carbocycles. The monoisotopic (exact) mass is 304 g/mol. The number of para-hydroxylation sites is 1. The summed E-state index contributed by atoms with van der Waals surface area (Å²) >= 11 is 5.98. The molecule has 1 N–H and O–H groups in total. The van der Waals surface area contributed by atoms with E-state index in [1.165, 1.54) is 0 Å². The van der Waals surface area contributed by atoms with Crippen LogP contribution in [0.25, 0.3) is 0 Å². The Morgan fingerprint density at radius 3 is 2.90 bits per heavy atom. The first-order valence-corrected chi connectivity index (χ1v) is 7.34. The molecule has 1 heterocycles. The normalized spacial score (nSPS) is 15.0. The van der Waals surface area contributed by atoms with Crippen molar-refractivity contribution in [1.82, 2.24) is 0 Å². The average molecular weight is 305 g/mol. The van der Waals surface area contributed by atoms with Crippen LogP contribution in [0.3, 0.4) is 0 Å². The summed E-state index contributed by atoms with van der Waals surface area (Å²) in [6.07, 6.45) is 1.19. The molecule has 3 rings (SSSR count). The molecule has 4 heteroatoms. The molecule has 0 saturated heterocycles. The molecule has 1 atom stereocenters. The highest BCUT2D eigenvalue weighted by atomic mass is 35.5. The lowest BCUT2D eigenvalue weighted by molar-refractivity contribution is 0.202. The smallest absolute Gasteiger partial charge is 0.128 e. The second-order valence-electron chi connectivity index (χ2n) is 5.08. The predicted molar refractivity (Wildman–Crippen MR) is 82.3 cm³/mol. The van der Waals surface area contributed by atoms with E-state index in [2.05, 4.69) is 0 Å². The Labute approximate surface area is 129 Å². The predicted octanol–water partition coefficient (Wildman–Crippen LogP) is 3.76. The molecule has 0 amide bonds. The number of aliphatic hydroxyl groups is 1. The summed E-state index contributed by atoms with van der Waals surface area (Å²) in [5, 5.41) is 11.3. The van der Waals surface area contributed by atoms with Crippen molar-refractivity contribution < 1.29 is 14.6 Å². The highest BCUT2D eigenvalue weighted by Gasteiger charge is 2.23. The van der Waals surface area contributed by atoms with Crippen molar-refractivity contribution >= 4 is 11.6 Å². The second kappa shape index (κ2) is 5.96. The summed E-state index contributed by atoms with van der Waals surface area (Å²) < 4.78 is 11.1. The molecular weight excluding hydrogens is 288 g/mol. The van der Waals surface area contributed by atoms with Gasteiger partial charge in [0.1, 0.15) is 17.6 Å². The number of benzene rings is 2. The maximum atomic E-state index is 10.7. The molecule has 1 aliphatic heterocycles. The standard InChI is InChI=1S/C17H17ClO3/c1-20-15-10-12(18)7-8-13(15)16(19)14-6-2-4-11-5-3-9-21-17(11)14/h2,4,6-8,10,16,19H,3,5,9H2,1H3. The molecule has 2 aromatic rings. The lowest BCUT2D eigenvalue weighted by atomic mass is 9.95. The molecule has 1 unspecified atom stereocenters. The zero-order valence-electron chi connectivity index (χ0n) is 11.8. The summed E-state index contributed by atoms with van der Waals surface area (Å²) in [5.41, 5.74) is 2.60. The van der Waals surface area contributed by atoms with Gasteiger partial charge in [-0.15, -0.1) is 0 Å². The van der Waals surface area contributed by atoms with E-state index in [1.807, 2.05) is 18.2 Å². The molecule has 0 bridgehead atoms. The second-order valence-corrected chi connectivity index (χ2v) is 5.51. The van der Waals surface area contributed by atoms with Crippen molar-refractivity contribution in [3.05, 3.63) is 58.1 Å². The quantitative estimate of drug-likeness (QED) is 0.938. The van der Waals surface area contributed by atoms with Crippen LogP contribution in [-0.2, 0) is 6.42 Å². The van der Waals surface area contributed by atoms with Gasteiger partial charge < -0.3 is 14.6 Å². The number of rotatable bonds is 3. The summed E-state index contributed by atoms with van der Waals surface area (Å²) in [4.78, 5) is 0. The van der Waals surface area contributed by atoms with Crippen molar-refractivity contribution in [2.75, 3.05) is 13.7 Å². The average Bonchev–Trinajstić information content (AvgIpc) is 2.53. The van der Waals surface area contributed by atoms with Gasteiger partial charge in [0.05, 0.1) is 13.7 Å². The van der Waals surface area contributed by atoms with Crippen molar-refractivity contribution in [3.8, 4) is 11.5 Å². The first-order chi connectivity index (χ1) is 10.2. The number of halogens is 1. The van der Waals surface area contributed by atoms with E-state index in [4.69, 9.17) is 21.1 Å². The Morgan fingerprint density at radius 1 is 1.24 bits per heavy atom. The van der Waals surface area contributed by atoms with E-state index >= 15 is 0 Å². The Kier molecular flexibility index (Phi) is 4.04. The summed E-state index contributed by atoms with van der Waals surface area (Å²) in [6.45, 7) is 0.689. The van der Waals surface area contributed by atoms with Crippen molar-refractivity contribution in [2.45, 2.75) is 18.9 Å². The fourth-order valence-corrected chi connectivity index (χ4v) is 2.87.